The van der Waals surface area contributed by atoms with Crippen molar-refractivity contribution >= 4 is 45.6 Å². The number of carbonyl (C=O) groups excluding carboxylic acids is 2. The van der Waals surface area contributed by atoms with Crippen LogP contribution in [-0.2, 0) is 4.79 Å². The number of hydrazone groups is 1. The summed E-state index contributed by atoms with van der Waals surface area (Å²) >= 11 is 9.25. The number of rotatable bonds is 7. The van der Waals surface area contributed by atoms with Crippen molar-refractivity contribution in [3.8, 4) is 11.5 Å². The average Bonchev–Trinajstić information content (AvgIpc) is 2.74. The molecule has 0 radical (unpaired) electrons. The van der Waals surface area contributed by atoms with Crippen LogP contribution in [0.5, 0.6) is 11.5 Å². The van der Waals surface area contributed by atoms with E-state index in [2.05, 4.69) is 26.5 Å². The molecule has 3 aromatic carbocycles. The minimum Gasteiger partial charge on any atom is -0.484 e. The van der Waals surface area contributed by atoms with Crippen molar-refractivity contribution in [1.82, 2.24) is 5.43 Å². The third-order valence-corrected chi connectivity index (χ3v) is 4.75. The lowest BCUT2D eigenvalue weighted by Gasteiger charge is -2.08. The van der Waals surface area contributed by atoms with Gasteiger partial charge in [0, 0.05) is 15.1 Å². The van der Waals surface area contributed by atoms with Crippen LogP contribution in [0.3, 0.4) is 0 Å². The van der Waals surface area contributed by atoms with Crippen molar-refractivity contribution in [2.24, 2.45) is 5.10 Å². The van der Waals surface area contributed by atoms with Crippen molar-refractivity contribution in [3.63, 3.8) is 0 Å². The molecule has 0 aliphatic carbocycles. The Labute approximate surface area is 193 Å². The van der Waals surface area contributed by atoms with Gasteiger partial charge < -0.3 is 9.47 Å². The summed E-state index contributed by atoms with van der Waals surface area (Å²) in [4.78, 5) is 24.4. The molecule has 0 heterocycles. The van der Waals surface area contributed by atoms with E-state index in [1.54, 1.807) is 54.6 Å². The van der Waals surface area contributed by atoms with Crippen LogP contribution in [-0.4, -0.2) is 24.7 Å². The van der Waals surface area contributed by atoms with Gasteiger partial charge >= 0.3 is 5.97 Å². The Morgan fingerprint density at radius 2 is 1.87 bits per heavy atom. The molecule has 0 saturated carbocycles. The van der Waals surface area contributed by atoms with Gasteiger partial charge in [0.25, 0.3) is 5.91 Å². The standard InChI is InChI=1S/C23H18BrClN2O4/c1-15-5-7-16(8-6-15)23(29)31-21-10-9-18(24)11-17(21)13-26-27-22(28)14-30-20-4-2-3-19(25)12-20/h2-13H,14H2,1H3,(H,27,28). The highest BCUT2D eigenvalue weighted by molar-refractivity contribution is 9.10. The quantitative estimate of drug-likeness (QED) is 0.210. The molecule has 0 unspecified atom stereocenters. The van der Waals surface area contributed by atoms with Crippen molar-refractivity contribution in [3.05, 3.63) is 92.9 Å². The molecule has 3 aromatic rings. The minimum atomic E-state index is -0.490. The molecule has 0 aliphatic heterocycles. The molecule has 0 atom stereocenters. The van der Waals surface area contributed by atoms with Gasteiger partial charge in [-0.1, -0.05) is 51.3 Å². The topological polar surface area (TPSA) is 77.0 Å². The number of nitrogens with zero attached hydrogens (tertiary/aromatic N) is 1. The van der Waals surface area contributed by atoms with E-state index in [9.17, 15) is 9.59 Å². The van der Waals surface area contributed by atoms with Crippen LogP contribution in [0.2, 0.25) is 5.02 Å². The Kier molecular flexibility index (Phi) is 7.81. The Hall–Kier alpha value is -3.16. The number of aryl methyl sites for hydroxylation is 1. The first-order chi connectivity index (χ1) is 14.9. The fraction of sp³-hybridized carbons (Fsp3) is 0.0870. The number of esters is 1. The fourth-order valence-electron chi connectivity index (χ4n) is 2.47. The molecule has 0 saturated heterocycles. The Bertz CT molecular complexity index is 1120. The molecule has 1 N–H and O–H groups in total. The van der Waals surface area contributed by atoms with E-state index < -0.39 is 11.9 Å². The predicted octanol–water partition coefficient (Wildman–Crippen LogP) is 5.16. The predicted molar refractivity (Wildman–Crippen MR) is 123 cm³/mol. The van der Waals surface area contributed by atoms with Crippen LogP contribution in [0.25, 0.3) is 0 Å². The van der Waals surface area contributed by atoms with Gasteiger partial charge in [-0.25, -0.2) is 10.2 Å². The van der Waals surface area contributed by atoms with Crippen molar-refractivity contribution in [1.29, 1.82) is 0 Å². The number of benzene rings is 3. The van der Waals surface area contributed by atoms with E-state index in [4.69, 9.17) is 21.1 Å². The van der Waals surface area contributed by atoms with E-state index in [-0.39, 0.29) is 6.61 Å². The van der Waals surface area contributed by atoms with E-state index in [0.29, 0.717) is 27.6 Å². The zero-order chi connectivity index (χ0) is 22.2. The molecule has 0 bridgehead atoms. The zero-order valence-corrected chi connectivity index (χ0v) is 18.8. The van der Waals surface area contributed by atoms with Gasteiger partial charge in [0.1, 0.15) is 11.5 Å². The summed E-state index contributed by atoms with van der Waals surface area (Å²) in [6.07, 6.45) is 1.39. The minimum absolute atomic E-state index is 0.231. The Morgan fingerprint density at radius 1 is 1.10 bits per heavy atom. The second-order valence-corrected chi connectivity index (χ2v) is 7.83. The van der Waals surface area contributed by atoms with Gasteiger partial charge in [-0.2, -0.15) is 5.10 Å². The van der Waals surface area contributed by atoms with Crippen molar-refractivity contribution in [2.75, 3.05) is 6.61 Å². The van der Waals surface area contributed by atoms with Gasteiger partial charge in [0.2, 0.25) is 0 Å². The molecule has 0 spiro atoms. The van der Waals surface area contributed by atoms with Crippen molar-refractivity contribution in [2.45, 2.75) is 6.92 Å². The van der Waals surface area contributed by atoms with Crippen LogP contribution < -0.4 is 14.9 Å². The molecule has 6 nitrogen and oxygen atoms in total. The maximum absolute atomic E-state index is 12.4. The molecule has 3 rings (SSSR count). The molecule has 31 heavy (non-hydrogen) atoms. The van der Waals surface area contributed by atoms with E-state index in [1.807, 2.05) is 19.1 Å². The average molecular weight is 502 g/mol. The SMILES string of the molecule is Cc1ccc(C(=O)Oc2ccc(Br)cc2C=NNC(=O)COc2cccc(Cl)c2)cc1. The normalized spacial score (nSPS) is 10.7. The molecule has 158 valence electrons. The van der Waals surface area contributed by atoms with Crippen molar-refractivity contribution < 1.29 is 19.1 Å². The summed E-state index contributed by atoms with van der Waals surface area (Å²) in [5, 5.41) is 4.43. The summed E-state index contributed by atoms with van der Waals surface area (Å²) in [5.41, 5.74) is 4.35. The zero-order valence-electron chi connectivity index (χ0n) is 16.5. The molecular weight excluding hydrogens is 484 g/mol. The number of halogens is 2. The Balaban J connectivity index is 1.61. The number of hydrogen-bond acceptors (Lipinski definition) is 5. The maximum Gasteiger partial charge on any atom is 0.343 e. The van der Waals surface area contributed by atoms with Gasteiger partial charge in [-0.3, -0.25) is 4.79 Å². The highest BCUT2D eigenvalue weighted by Crippen LogP contribution is 2.23. The number of hydrogen-bond donors (Lipinski definition) is 1. The van der Waals surface area contributed by atoms with E-state index >= 15 is 0 Å². The molecule has 0 fully saturated rings. The number of nitrogens with one attached hydrogen (secondary N) is 1. The van der Waals surface area contributed by atoms with Gasteiger partial charge in [-0.05, 0) is 55.5 Å². The number of amides is 1. The lowest BCUT2D eigenvalue weighted by atomic mass is 10.1. The molecule has 8 heteroatoms. The molecule has 1 amide bonds. The van der Waals surface area contributed by atoms with Gasteiger partial charge in [0.05, 0.1) is 11.8 Å². The lowest BCUT2D eigenvalue weighted by Crippen LogP contribution is -2.24. The monoisotopic (exact) mass is 500 g/mol. The third-order valence-electron chi connectivity index (χ3n) is 4.02. The van der Waals surface area contributed by atoms with Gasteiger partial charge in [-0.15, -0.1) is 0 Å². The summed E-state index contributed by atoms with van der Waals surface area (Å²) in [6.45, 7) is 1.71. The largest absolute Gasteiger partial charge is 0.484 e. The van der Waals surface area contributed by atoms with E-state index in [1.165, 1.54) is 6.21 Å². The molecule has 0 aliphatic rings. The summed E-state index contributed by atoms with van der Waals surface area (Å²) in [6, 6.07) is 18.9. The molecule has 0 aromatic heterocycles. The van der Waals surface area contributed by atoms with Crippen LogP contribution in [0.4, 0.5) is 0 Å². The first kappa shape index (κ1) is 22.5. The van der Waals surface area contributed by atoms with E-state index in [0.717, 1.165) is 10.0 Å². The summed E-state index contributed by atoms with van der Waals surface area (Å²) < 4.78 is 11.6. The highest BCUT2D eigenvalue weighted by atomic mass is 79.9. The van der Waals surface area contributed by atoms with Crippen LogP contribution in [0, 0.1) is 6.92 Å². The number of carbonyl (C=O) groups is 2. The third kappa shape index (κ3) is 6.94. The highest BCUT2D eigenvalue weighted by Gasteiger charge is 2.11. The first-order valence-electron chi connectivity index (χ1n) is 9.19. The second-order valence-electron chi connectivity index (χ2n) is 6.48. The summed E-state index contributed by atoms with van der Waals surface area (Å²) in [7, 11) is 0. The maximum atomic E-state index is 12.4. The number of ether oxygens (including phenoxy) is 2. The Morgan fingerprint density at radius 3 is 2.61 bits per heavy atom. The lowest BCUT2D eigenvalue weighted by molar-refractivity contribution is -0.123. The first-order valence-corrected chi connectivity index (χ1v) is 10.4. The van der Waals surface area contributed by atoms with Crippen LogP contribution >= 0.6 is 27.5 Å². The van der Waals surface area contributed by atoms with Gasteiger partial charge in [0.15, 0.2) is 6.61 Å². The van der Waals surface area contributed by atoms with Crippen LogP contribution in [0.15, 0.2) is 76.3 Å². The molecular formula is C23H18BrClN2O4. The van der Waals surface area contributed by atoms with Crippen LogP contribution in [0.1, 0.15) is 21.5 Å². The second kappa shape index (κ2) is 10.7. The summed E-state index contributed by atoms with van der Waals surface area (Å²) in [5.74, 6) is -0.161. The smallest absolute Gasteiger partial charge is 0.343 e. The fourth-order valence-corrected chi connectivity index (χ4v) is 3.03.